The van der Waals surface area contributed by atoms with E-state index >= 15 is 0 Å². The van der Waals surface area contributed by atoms with Crippen molar-refractivity contribution < 1.29 is 18.3 Å². The fourth-order valence-corrected chi connectivity index (χ4v) is 0.992. The van der Waals surface area contributed by atoms with Crippen molar-refractivity contribution >= 4 is 0 Å². The molecule has 0 fully saturated rings. The Balaban J connectivity index is 3.22. The standard InChI is InChI=1S/C9H9F3O/c1-9(12,5-13)6-3-2-4-7(10)8(6)11/h2-4,13H,5H2,1H3. The van der Waals surface area contributed by atoms with Crippen molar-refractivity contribution in [2.75, 3.05) is 6.61 Å². The average molecular weight is 190 g/mol. The maximum atomic E-state index is 13.3. The van der Waals surface area contributed by atoms with E-state index in [1.54, 1.807) is 0 Å². The minimum Gasteiger partial charge on any atom is -0.393 e. The number of halogens is 3. The molecule has 4 heteroatoms. The summed E-state index contributed by atoms with van der Waals surface area (Å²) in [6.45, 7) is 0.109. The summed E-state index contributed by atoms with van der Waals surface area (Å²) in [5.74, 6) is -2.36. The number of hydrogen-bond acceptors (Lipinski definition) is 1. The van der Waals surface area contributed by atoms with Crippen molar-refractivity contribution in [3.63, 3.8) is 0 Å². The highest BCUT2D eigenvalue weighted by Crippen LogP contribution is 2.27. The van der Waals surface area contributed by atoms with Crippen LogP contribution in [-0.2, 0) is 5.67 Å². The predicted octanol–water partition coefficient (Wildman–Crippen LogP) is 2.14. The van der Waals surface area contributed by atoms with Gasteiger partial charge < -0.3 is 5.11 Å². The highest BCUT2D eigenvalue weighted by molar-refractivity contribution is 5.24. The first-order chi connectivity index (χ1) is 5.99. The van der Waals surface area contributed by atoms with Gasteiger partial charge in [0.05, 0.1) is 6.61 Å². The van der Waals surface area contributed by atoms with Gasteiger partial charge in [-0.25, -0.2) is 13.2 Å². The van der Waals surface area contributed by atoms with E-state index in [0.29, 0.717) is 0 Å². The lowest BCUT2D eigenvalue weighted by Crippen LogP contribution is -2.22. The summed E-state index contributed by atoms with van der Waals surface area (Å²) in [6, 6.07) is 3.20. The lowest BCUT2D eigenvalue weighted by Gasteiger charge is -2.18. The van der Waals surface area contributed by atoms with Crippen LogP contribution in [0.15, 0.2) is 18.2 Å². The van der Waals surface area contributed by atoms with Crippen LogP contribution in [0.25, 0.3) is 0 Å². The molecule has 0 amide bonds. The van der Waals surface area contributed by atoms with E-state index in [-0.39, 0.29) is 0 Å². The molecule has 1 nitrogen and oxygen atoms in total. The fraction of sp³-hybridized carbons (Fsp3) is 0.333. The molecule has 13 heavy (non-hydrogen) atoms. The summed E-state index contributed by atoms with van der Waals surface area (Å²) in [5, 5.41) is 8.60. The van der Waals surface area contributed by atoms with Crippen LogP contribution in [0.3, 0.4) is 0 Å². The van der Waals surface area contributed by atoms with E-state index < -0.39 is 29.5 Å². The molecular weight excluding hydrogens is 181 g/mol. The second kappa shape index (κ2) is 3.38. The van der Waals surface area contributed by atoms with E-state index in [0.717, 1.165) is 19.1 Å². The summed E-state index contributed by atoms with van der Waals surface area (Å²) < 4.78 is 38.9. The van der Waals surface area contributed by atoms with Crippen molar-refractivity contribution in [2.45, 2.75) is 12.6 Å². The van der Waals surface area contributed by atoms with Crippen LogP contribution in [0.1, 0.15) is 12.5 Å². The highest BCUT2D eigenvalue weighted by Gasteiger charge is 2.29. The molecule has 1 rings (SSSR count). The van der Waals surface area contributed by atoms with E-state index in [4.69, 9.17) is 5.11 Å². The molecule has 0 heterocycles. The predicted molar refractivity (Wildman–Crippen MR) is 41.9 cm³/mol. The molecule has 1 N–H and O–H groups in total. The molecule has 1 aromatic rings. The number of aliphatic hydroxyl groups is 1. The molecule has 1 unspecified atom stereocenters. The minimum atomic E-state index is -2.24. The summed E-state index contributed by atoms with van der Waals surface area (Å²) in [7, 11) is 0. The van der Waals surface area contributed by atoms with E-state index in [1.165, 1.54) is 6.07 Å². The third-order valence-electron chi connectivity index (χ3n) is 1.81. The second-order valence-corrected chi connectivity index (χ2v) is 2.96. The Bertz CT molecular complexity index is 310. The Kier molecular flexibility index (Phi) is 2.61. The number of alkyl halides is 1. The van der Waals surface area contributed by atoms with E-state index in [1.807, 2.05) is 0 Å². The summed E-state index contributed by atoms with van der Waals surface area (Å²) in [6.07, 6.45) is 0. The van der Waals surface area contributed by atoms with Gasteiger partial charge >= 0.3 is 0 Å². The quantitative estimate of drug-likeness (QED) is 0.757. The lowest BCUT2D eigenvalue weighted by atomic mass is 9.98. The fourth-order valence-electron chi connectivity index (χ4n) is 0.992. The van der Waals surface area contributed by atoms with Crippen molar-refractivity contribution in [3.8, 4) is 0 Å². The van der Waals surface area contributed by atoms with Gasteiger partial charge in [0, 0.05) is 5.56 Å². The van der Waals surface area contributed by atoms with Crippen molar-refractivity contribution in [1.82, 2.24) is 0 Å². The summed E-state index contributed by atoms with van der Waals surface area (Å²) >= 11 is 0. The third-order valence-corrected chi connectivity index (χ3v) is 1.81. The number of hydrogen-bond donors (Lipinski definition) is 1. The zero-order chi connectivity index (χ0) is 10.1. The van der Waals surface area contributed by atoms with E-state index in [9.17, 15) is 13.2 Å². The van der Waals surface area contributed by atoms with Crippen molar-refractivity contribution in [3.05, 3.63) is 35.4 Å². The van der Waals surface area contributed by atoms with Gasteiger partial charge in [-0.3, -0.25) is 0 Å². The van der Waals surface area contributed by atoms with Crippen LogP contribution in [0.5, 0.6) is 0 Å². The van der Waals surface area contributed by atoms with Gasteiger partial charge in [-0.15, -0.1) is 0 Å². The van der Waals surface area contributed by atoms with Crippen molar-refractivity contribution in [1.29, 1.82) is 0 Å². The Morgan fingerprint density at radius 1 is 1.38 bits per heavy atom. The van der Waals surface area contributed by atoms with Crippen LogP contribution in [0, 0.1) is 11.6 Å². The normalized spacial score (nSPS) is 15.5. The maximum Gasteiger partial charge on any atom is 0.165 e. The number of benzene rings is 1. The maximum absolute atomic E-state index is 13.3. The van der Waals surface area contributed by atoms with E-state index in [2.05, 4.69) is 0 Å². The molecular formula is C9H9F3O. The van der Waals surface area contributed by atoms with Gasteiger partial charge in [-0.2, -0.15) is 0 Å². The first kappa shape index (κ1) is 10.1. The molecule has 0 aliphatic carbocycles. The van der Waals surface area contributed by atoms with Crippen LogP contribution < -0.4 is 0 Å². The second-order valence-electron chi connectivity index (χ2n) is 2.96. The van der Waals surface area contributed by atoms with Crippen LogP contribution >= 0.6 is 0 Å². The first-order valence-corrected chi connectivity index (χ1v) is 3.73. The van der Waals surface area contributed by atoms with Gasteiger partial charge in [0.2, 0.25) is 0 Å². The SMILES string of the molecule is CC(F)(CO)c1cccc(F)c1F. The lowest BCUT2D eigenvalue weighted by molar-refractivity contribution is 0.0825. The molecule has 0 radical (unpaired) electrons. The molecule has 0 spiro atoms. The Morgan fingerprint density at radius 3 is 2.54 bits per heavy atom. The molecule has 0 saturated carbocycles. The largest absolute Gasteiger partial charge is 0.393 e. The molecule has 72 valence electrons. The van der Waals surface area contributed by atoms with Gasteiger partial charge in [0.25, 0.3) is 0 Å². The average Bonchev–Trinajstić information content (AvgIpc) is 2.09. The Labute approximate surface area is 73.8 Å². The van der Waals surface area contributed by atoms with Gasteiger partial charge in [-0.1, -0.05) is 12.1 Å². The molecule has 1 aromatic carbocycles. The molecule has 0 saturated heterocycles. The Hall–Kier alpha value is -1.03. The van der Waals surface area contributed by atoms with Gasteiger partial charge in [-0.05, 0) is 13.0 Å². The number of aliphatic hydroxyl groups excluding tert-OH is 1. The molecule has 0 bridgehead atoms. The summed E-state index contributed by atoms with van der Waals surface area (Å²) in [4.78, 5) is 0. The molecule has 1 atom stereocenters. The minimum absolute atomic E-state index is 0.463. The van der Waals surface area contributed by atoms with Gasteiger partial charge in [0.15, 0.2) is 17.3 Å². The van der Waals surface area contributed by atoms with Crippen LogP contribution in [-0.4, -0.2) is 11.7 Å². The summed E-state index contributed by atoms with van der Waals surface area (Å²) in [5.41, 5.74) is -2.71. The highest BCUT2D eigenvalue weighted by atomic mass is 19.2. The smallest absolute Gasteiger partial charge is 0.165 e. The first-order valence-electron chi connectivity index (χ1n) is 3.73. The zero-order valence-corrected chi connectivity index (χ0v) is 7.02. The third kappa shape index (κ3) is 1.83. The molecule has 0 aliphatic heterocycles. The molecule has 0 aliphatic rings. The molecule has 0 aromatic heterocycles. The zero-order valence-electron chi connectivity index (χ0n) is 7.02. The topological polar surface area (TPSA) is 20.2 Å². The van der Waals surface area contributed by atoms with Crippen molar-refractivity contribution in [2.24, 2.45) is 0 Å². The number of rotatable bonds is 2. The van der Waals surface area contributed by atoms with Crippen LogP contribution in [0.4, 0.5) is 13.2 Å². The van der Waals surface area contributed by atoms with Crippen LogP contribution in [0.2, 0.25) is 0 Å². The Morgan fingerprint density at radius 2 is 2.00 bits per heavy atom. The van der Waals surface area contributed by atoms with Gasteiger partial charge in [0.1, 0.15) is 0 Å². The monoisotopic (exact) mass is 190 g/mol.